The summed E-state index contributed by atoms with van der Waals surface area (Å²) < 4.78 is 8.70. The molecule has 0 unspecified atom stereocenters. The van der Waals surface area contributed by atoms with E-state index in [1.165, 1.54) is 0 Å². The SMILES string of the molecule is Cc1c(-c2nc(-c3ccccc3)n(-c3ccccc3)n2)oc2ccc(Br)cc2c1=O. The Balaban J connectivity index is 1.77. The van der Waals surface area contributed by atoms with Gasteiger partial charge >= 0.3 is 0 Å². The van der Waals surface area contributed by atoms with E-state index in [9.17, 15) is 4.79 Å². The van der Waals surface area contributed by atoms with E-state index in [1.54, 1.807) is 23.7 Å². The predicted molar refractivity (Wildman–Crippen MR) is 121 cm³/mol. The molecule has 2 heterocycles. The van der Waals surface area contributed by atoms with Crippen molar-refractivity contribution in [1.29, 1.82) is 0 Å². The molecule has 6 heteroatoms. The third-order valence-electron chi connectivity index (χ3n) is 4.92. The van der Waals surface area contributed by atoms with E-state index >= 15 is 0 Å². The Bertz CT molecular complexity index is 1370. The number of benzene rings is 3. The van der Waals surface area contributed by atoms with Crippen molar-refractivity contribution in [3.8, 4) is 28.7 Å². The molecule has 0 radical (unpaired) electrons. The highest BCUT2D eigenvalue weighted by Crippen LogP contribution is 2.29. The van der Waals surface area contributed by atoms with Crippen molar-refractivity contribution in [2.75, 3.05) is 0 Å². The molecule has 0 amide bonds. The zero-order valence-electron chi connectivity index (χ0n) is 16.0. The van der Waals surface area contributed by atoms with E-state index in [1.807, 2.05) is 66.7 Å². The summed E-state index contributed by atoms with van der Waals surface area (Å²) >= 11 is 3.41. The van der Waals surface area contributed by atoms with E-state index in [4.69, 9.17) is 14.5 Å². The van der Waals surface area contributed by atoms with Gasteiger partial charge in [0.15, 0.2) is 17.0 Å². The van der Waals surface area contributed by atoms with Gasteiger partial charge in [-0.15, -0.1) is 5.10 Å². The number of rotatable bonds is 3. The van der Waals surface area contributed by atoms with E-state index in [0.717, 1.165) is 15.7 Å². The molecular formula is C24H16BrN3O2. The van der Waals surface area contributed by atoms with Gasteiger partial charge < -0.3 is 4.42 Å². The van der Waals surface area contributed by atoms with Crippen LogP contribution in [-0.2, 0) is 0 Å². The van der Waals surface area contributed by atoms with Crippen molar-refractivity contribution < 1.29 is 4.42 Å². The summed E-state index contributed by atoms with van der Waals surface area (Å²) in [6.45, 7) is 1.74. The first-order valence-corrected chi connectivity index (χ1v) is 10.2. The van der Waals surface area contributed by atoms with Gasteiger partial charge in [0.05, 0.1) is 11.1 Å². The van der Waals surface area contributed by atoms with Crippen molar-refractivity contribution in [2.24, 2.45) is 0 Å². The number of fused-ring (bicyclic) bond motifs is 1. The lowest BCUT2D eigenvalue weighted by atomic mass is 10.1. The van der Waals surface area contributed by atoms with Crippen LogP contribution in [0.1, 0.15) is 5.56 Å². The quantitative estimate of drug-likeness (QED) is 0.344. The molecular weight excluding hydrogens is 442 g/mol. The monoisotopic (exact) mass is 457 g/mol. The molecule has 146 valence electrons. The van der Waals surface area contributed by atoms with Gasteiger partial charge in [0.1, 0.15) is 5.58 Å². The van der Waals surface area contributed by atoms with E-state index in [2.05, 4.69) is 15.9 Å². The molecule has 0 bridgehead atoms. The Hall–Kier alpha value is -3.51. The van der Waals surface area contributed by atoms with Crippen molar-refractivity contribution in [3.63, 3.8) is 0 Å². The van der Waals surface area contributed by atoms with Gasteiger partial charge in [0, 0.05) is 15.6 Å². The summed E-state index contributed by atoms with van der Waals surface area (Å²) in [6.07, 6.45) is 0. The molecule has 2 aromatic heterocycles. The van der Waals surface area contributed by atoms with Gasteiger partial charge in [-0.2, -0.15) is 0 Å². The van der Waals surface area contributed by atoms with Gasteiger partial charge in [0.25, 0.3) is 0 Å². The Morgan fingerprint density at radius 3 is 2.37 bits per heavy atom. The van der Waals surface area contributed by atoms with E-state index < -0.39 is 0 Å². The molecule has 0 aliphatic heterocycles. The summed E-state index contributed by atoms with van der Waals surface area (Å²) in [5.41, 5.74) is 2.68. The smallest absolute Gasteiger partial charge is 0.218 e. The highest BCUT2D eigenvalue weighted by molar-refractivity contribution is 9.10. The lowest BCUT2D eigenvalue weighted by Gasteiger charge is -2.05. The predicted octanol–water partition coefficient (Wildman–Crippen LogP) is 5.78. The fraction of sp³-hybridized carbons (Fsp3) is 0.0417. The summed E-state index contributed by atoms with van der Waals surface area (Å²) in [6, 6.07) is 25.0. The zero-order chi connectivity index (χ0) is 20.7. The van der Waals surface area contributed by atoms with Crippen LogP contribution in [0.5, 0.6) is 0 Å². The molecule has 5 aromatic rings. The number of halogens is 1. The maximum atomic E-state index is 13.0. The molecule has 0 saturated carbocycles. The van der Waals surface area contributed by atoms with Gasteiger partial charge in [-0.05, 0) is 37.3 Å². The van der Waals surface area contributed by atoms with Crippen molar-refractivity contribution in [2.45, 2.75) is 6.92 Å². The topological polar surface area (TPSA) is 60.9 Å². The van der Waals surface area contributed by atoms with E-state index in [-0.39, 0.29) is 5.43 Å². The molecule has 0 spiro atoms. The van der Waals surface area contributed by atoms with Gasteiger partial charge in [-0.1, -0.05) is 64.5 Å². The third-order valence-corrected chi connectivity index (χ3v) is 5.42. The lowest BCUT2D eigenvalue weighted by Crippen LogP contribution is -2.08. The summed E-state index contributed by atoms with van der Waals surface area (Å²) in [5.74, 6) is 1.42. The molecule has 5 nitrogen and oxygen atoms in total. The first-order valence-electron chi connectivity index (χ1n) is 9.43. The minimum atomic E-state index is -0.0927. The summed E-state index contributed by atoms with van der Waals surface area (Å²) in [7, 11) is 0. The Morgan fingerprint density at radius 1 is 0.933 bits per heavy atom. The molecule has 3 aromatic carbocycles. The second-order valence-corrected chi connectivity index (χ2v) is 7.81. The second kappa shape index (κ2) is 7.39. The Kier molecular flexibility index (Phi) is 4.56. The van der Waals surface area contributed by atoms with Crippen LogP contribution in [0.25, 0.3) is 39.6 Å². The Morgan fingerprint density at radius 2 is 1.63 bits per heavy atom. The molecule has 0 saturated heterocycles. The van der Waals surface area contributed by atoms with Crippen LogP contribution < -0.4 is 5.43 Å². The van der Waals surface area contributed by atoms with Crippen LogP contribution in [0.15, 0.2) is 92.5 Å². The minimum Gasteiger partial charge on any atom is -0.452 e. The number of aromatic nitrogens is 3. The largest absolute Gasteiger partial charge is 0.452 e. The van der Waals surface area contributed by atoms with Gasteiger partial charge in [-0.25, -0.2) is 9.67 Å². The Labute approximate surface area is 180 Å². The maximum absolute atomic E-state index is 13.0. The van der Waals surface area contributed by atoms with Crippen LogP contribution in [0.2, 0.25) is 0 Å². The van der Waals surface area contributed by atoms with Crippen LogP contribution in [0.4, 0.5) is 0 Å². The molecule has 0 aliphatic carbocycles. The first kappa shape index (κ1) is 18.5. The normalized spacial score (nSPS) is 11.1. The molecule has 5 rings (SSSR count). The molecule has 0 aliphatic rings. The van der Waals surface area contributed by atoms with Crippen molar-refractivity contribution in [3.05, 3.63) is 99.1 Å². The van der Waals surface area contributed by atoms with Crippen LogP contribution >= 0.6 is 15.9 Å². The highest BCUT2D eigenvalue weighted by atomic mass is 79.9. The third kappa shape index (κ3) is 3.15. The highest BCUT2D eigenvalue weighted by Gasteiger charge is 2.20. The number of nitrogens with zero attached hydrogens (tertiary/aromatic N) is 3. The summed E-state index contributed by atoms with van der Waals surface area (Å²) in [5, 5.41) is 5.24. The van der Waals surface area contributed by atoms with Crippen LogP contribution in [0, 0.1) is 6.92 Å². The molecule has 30 heavy (non-hydrogen) atoms. The minimum absolute atomic E-state index is 0.0927. The van der Waals surface area contributed by atoms with Crippen LogP contribution in [-0.4, -0.2) is 14.8 Å². The van der Waals surface area contributed by atoms with Gasteiger partial charge in [0.2, 0.25) is 5.82 Å². The first-order chi connectivity index (χ1) is 14.6. The maximum Gasteiger partial charge on any atom is 0.218 e. The van der Waals surface area contributed by atoms with Crippen LogP contribution in [0.3, 0.4) is 0 Å². The summed E-state index contributed by atoms with van der Waals surface area (Å²) in [4.78, 5) is 17.7. The van der Waals surface area contributed by atoms with Gasteiger partial charge in [-0.3, -0.25) is 4.79 Å². The van der Waals surface area contributed by atoms with E-state index in [0.29, 0.717) is 33.9 Å². The fourth-order valence-corrected chi connectivity index (χ4v) is 3.77. The number of hydrogen-bond donors (Lipinski definition) is 0. The molecule has 0 N–H and O–H groups in total. The number of hydrogen-bond acceptors (Lipinski definition) is 4. The lowest BCUT2D eigenvalue weighted by molar-refractivity contribution is 0.607. The average Bonchev–Trinajstić information content (AvgIpc) is 3.23. The molecule has 0 fully saturated rings. The van der Waals surface area contributed by atoms with Crippen molar-refractivity contribution >= 4 is 26.9 Å². The standard InChI is InChI=1S/C24H16BrN3O2/c1-15-21(29)19-14-17(25)12-13-20(19)30-22(15)23-26-24(16-8-4-2-5-9-16)28(27-23)18-10-6-3-7-11-18/h2-14H,1H3. The fourth-order valence-electron chi connectivity index (χ4n) is 3.41. The number of para-hydroxylation sites is 1. The zero-order valence-corrected chi connectivity index (χ0v) is 17.6. The average molecular weight is 458 g/mol. The van der Waals surface area contributed by atoms with Crippen molar-refractivity contribution in [1.82, 2.24) is 14.8 Å². The second-order valence-electron chi connectivity index (χ2n) is 6.90. The molecule has 0 atom stereocenters.